The average Bonchev–Trinajstić information content (AvgIpc) is 2.78. The summed E-state index contributed by atoms with van der Waals surface area (Å²) < 4.78 is 0. The van der Waals surface area contributed by atoms with Crippen LogP contribution in [0.5, 0.6) is 0 Å². The van der Waals surface area contributed by atoms with Crippen molar-refractivity contribution in [3.63, 3.8) is 0 Å². The molecular weight excluding hydrogens is 262 g/mol. The molecule has 1 atom stereocenters. The number of aliphatic carboxylic acids is 1. The van der Waals surface area contributed by atoms with Crippen LogP contribution in [-0.4, -0.2) is 11.1 Å². The highest BCUT2D eigenvalue weighted by Gasteiger charge is 2.45. The molecular formula is C18H19NO2. The predicted octanol–water partition coefficient (Wildman–Crippen LogP) is 3.64. The first-order valence-corrected chi connectivity index (χ1v) is 7.19. The van der Waals surface area contributed by atoms with Crippen molar-refractivity contribution in [3.05, 3.63) is 64.7 Å². The van der Waals surface area contributed by atoms with E-state index in [1.807, 2.05) is 56.3 Å². The molecule has 1 unspecified atom stereocenters. The minimum absolute atomic E-state index is 0.578. The Morgan fingerprint density at radius 1 is 1.14 bits per heavy atom. The third kappa shape index (κ3) is 2.29. The normalized spacial score (nSPS) is 20.1. The number of fused-ring (bicyclic) bond motifs is 1. The molecule has 0 spiro atoms. The Bertz CT molecular complexity index is 708. The average molecular weight is 281 g/mol. The lowest BCUT2D eigenvalue weighted by Gasteiger charge is -2.28. The Labute approximate surface area is 124 Å². The zero-order chi connectivity index (χ0) is 15.0. The summed E-state index contributed by atoms with van der Waals surface area (Å²) in [5.74, 6) is -0.812. The summed E-state index contributed by atoms with van der Waals surface area (Å²) in [5, 5.41) is 13.1. The zero-order valence-electron chi connectivity index (χ0n) is 12.3. The van der Waals surface area contributed by atoms with Gasteiger partial charge in [-0.1, -0.05) is 35.9 Å². The van der Waals surface area contributed by atoms with Crippen LogP contribution in [0.25, 0.3) is 0 Å². The molecule has 0 radical (unpaired) electrons. The van der Waals surface area contributed by atoms with Crippen molar-refractivity contribution in [2.24, 2.45) is 0 Å². The van der Waals surface area contributed by atoms with Crippen LogP contribution in [0, 0.1) is 13.8 Å². The van der Waals surface area contributed by atoms with Gasteiger partial charge in [-0.05, 0) is 55.5 Å². The molecule has 2 aromatic rings. The van der Waals surface area contributed by atoms with Crippen LogP contribution in [0.4, 0.5) is 5.69 Å². The maximum absolute atomic E-state index is 12.0. The van der Waals surface area contributed by atoms with Gasteiger partial charge in [0.2, 0.25) is 0 Å². The summed E-state index contributed by atoms with van der Waals surface area (Å²) in [5.41, 5.74) is 4.07. The fourth-order valence-electron chi connectivity index (χ4n) is 3.14. The molecule has 3 heteroatoms. The highest BCUT2D eigenvalue weighted by Crippen LogP contribution is 2.40. The third-order valence-corrected chi connectivity index (χ3v) is 4.24. The fraction of sp³-hybridized carbons (Fsp3) is 0.278. The van der Waals surface area contributed by atoms with Gasteiger partial charge in [-0.2, -0.15) is 0 Å². The van der Waals surface area contributed by atoms with Gasteiger partial charge < -0.3 is 10.4 Å². The molecule has 0 amide bonds. The molecule has 0 saturated carbocycles. The lowest BCUT2D eigenvalue weighted by atomic mass is 9.90. The number of hydrogen-bond donors (Lipinski definition) is 2. The number of rotatable bonds is 3. The van der Waals surface area contributed by atoms with E-state index in [-0.39, 0.29) is 0 Å². The number of carboxylic acid groups (broad SMARTS) is 1. The van der Waals surface area contributed by atoms with E-state index in [0.717, 1.165) is 34.4 Å². The SMILES string of the molecule is Cc1cccc(NC2(C(=O)O)CCc3ccc(C)cc32)c1. The van der Waals surface area contributed by atoms with Gasteiger partial charge >= 0.3 is 5.97 Å². The molecule has 0 aromatic heterocycles. The molecule has 0 aliphatic heterocycles. The Hall–Kier alpha value is -2.29. The van der Waals surface area contributed by atoms with Crippen LogP contribution in [0.1, 0.15) is 28.7 Å². The molecule has 1 aliphatic rings. The standard InChI is InChI=1S/C18H19NO2/c1-12-4-3-5-15(10-12)19-18(17(20)21)9-8-14-7-6-13(2)11-16(14)18/h3-7,10-11,19H,8-9H2,1-2H3,(H,20,21). The van der Waals surface area contributed by atoms with Gasteiger partial charge in [-0.25, -0.2) is 4.79 Å². The Kier molecular flexibility index (Phi) is 3.20. The summed E-state index contributed by atoms with van der Waals surface area (Å²) in [6.07, 6.45) is 1.37. The molecule has 0 saturated heterocycles. The van der Waals surface area contributed by atoms with Gasteiger partial charge in [0.1, 0.15) is 0 Å². The van der Waals surface area contributed by atoms with Crippen LogP contribution in [-0.2, 0) is 16.8 Å². The molecule has 3 rings (SSSR count). The summed E-state index contributed by atoms with van der Waals surface area (Å²) >= 11 is 0. The van der Waals surface area contributed by atoms with E-state index in [0.29, 0.717) is 6.42 Å². The summed E-state index contributed by atoms with van der Waals surface area (Å²) in [6.45, 7) is 4.00. The molecule has 0 bridgehead atoms. The lowest BCUT2D eigenvalue weighted by Crippen LogP contribution is -2.41. The van der Waals surface area contributed by atoms with E-state index >= 15 is 0 Å². The van der Waals surface area contributed by atoms with Gasteiger partial charge in [-0.3, -0.25) is 0 Å². The van der Waals surface area contributed by atoms with Gasteiger partial charge in [0.05, 0.1) is 0 Å². The zero-order valence-corrected chi connectivity index (χ0v) is 12.3. The molecule has 1 aliphatic carbocycles. The van der Waals surface area contributed by atoms with Crippen molar-refractivity contribution in [2.45, 2.75) is 32.2 Å². The van der Waals surface area contributed by atoms with Crippen molar-refractivity contribution in [1.29, 1.82) is 0 Å². The molecule has 108 valence electrons. The predicted molar refractivity (Wildman–Crippen MR) is 83.6 cm³/mol. The molecule has 0 heterocycles. The van der Waals surface area contributed by atoms with Crippen LogP contribution in [0.2, 0.25) is 0 Å². The van der Waals surface area contributed by atoms with Crippen LogP contribution >= 0.6 is 0 Å². The van der Waals surface area contributed by atoms with Crippen LogP contribution in [0.3, 0.4) is 0 Å². The Morgan fingerprint density at radius 2 is 1.90 bits per heavy atom. The maximum Gasteiger partial charge on any atom is 0.334 e. The highest BCUT2D eigenvalue weighted by molar-refractivity contribution is 5.86. The van der Waals surface area contributed by atoms with E-state index in [9.17, 15) is 9.90 Å². The van der Waals surface area contributed by atoms with Crippen molar-refractivity contribution in [3.8, 4) is 0 Å². The number of benzene rings is 2. The number of carbonyl (C=O) groups is 1. The minimum Gasteiger partial charge on any atom is -0.479 e. The second-order valence-electron chi connectivity index (χ2n) is 5.87. The number of nitrogens with one attached hydrogen (secondary N) is 1. The largest absolute Gasteiger partial charge is 0.479 e. The lowest BCUT2D eigenvalue weighted by molar-refractivity contribution is -0.142. The first-order chi connectivity index (χ1) is 10.0. The Morgan fingerprint density at radius 3 is 2.62 bits per heavy atom. The quantitative estimate of drug-likeness (QED) is 0.903. The molecule has 2 N–H and O–H groups in total. The van der Waals surface area contributed by atoms with E-state index in [4.69, 9.17) is 0 Å². The van der Waals surface area contributed by atoms with E-state index in [2.05, 4.69) is 5.32 Å². The van der Waals surface area contributed by atoms with Crippen molar-refractivity contribution < 1.29 is 9.90 Å². The molecule has 3 nitrogen and oxygen atoms in total. The molecule has 21 heavy (non-hydrogen) atoms. The van der Waals surface area contributed by atoms with Crippen molar-refractivity contribution >= 4 is 11.7 Å². The second-order valence-corrected chi connectivity index (χ2v) is 5.87. The number of hydrogen-bond acceptors (Lipinski definition) is 2. The second kappa shape index (κ2) is 4.92. The van der Waals surface area contributed by atoms with Crippen molar-refractivity contribution in [1.82, 2.24) is 0 Å². The van der Waals surface area contributed by atoms with E-state index in [1.165, 1.54) is 0 Å². The Balaban J connectivity index is 2.08. The highest BCUT2D eigenvalue weighted by atomic mass is 16.4. The summed E-state index contributed by atoms with van der Waals surface area (Å²) in [7, 11) is 0. The van der Waals surface area contributed by atoms with Gasteiger partial charge in [0.25, 0.3) is 0 Å². The van der Waals surface area contributed by atoms with Gasteiger partial charge in [0, 0.05) is 5.69 Å². The van der Waals surface area contributed by atoms with Crippen LogP contribution in [0.15, 0.2) is 42.5 Å². The summed E-state index contributed by atoms with van der Waals surface area (Å²) in [6, 6.07) is 13.9. The topological polar surface area (TPSA) is 49.3 Å². The van der Waals surface area contributed by atoms with Gasteiger partial charge in [-0.15, -0.1) is 0 Å². The summed E-state index contributed by atoms with van der Waals surface area (Å²) in [4.78, 5) is 12.0. The number of anilines is 1. The smallest absolute Gasteiger partial charge is 0.334 e. The first kappa shape index (κ1) is 13.7. The monoisotopic (exact) mass is 281 g/mol. The number of carboxylic acids is 1. The van der Waals surface area contributed by atoms with E-state index < -0.39 is 11.5 Å². The minimum atomic E-state index is -1.02. The van der Waals surface area contributed by atoms with E-state index in [1.54, 1.807) is 0 Å². The molecule has 0 fully saturated rings. The van der Waals surface area contributed by atoms with Crippen LogP contribution < -0.4 is 5.32 Å². The number of aryl methyl sites for hydroxylation is 3. The first-order valence-electron chi connectivity index (χ1n) is 7.19. The fourth-order valence-corrected chi connectivity index (χ4v) is 3.14. The van der Waals surface area contributed by atoms with Gasteiger partial charge in [0.15, 0.2) is 5.54 Å². The third-order valence-electron chi connectivity index (χ3n) is 4.24. The maximum atomic E-state index is 12.0. The molecule has 2 aromatic carbocycles. The van der Waals surface area contributed by atoms with Crippen molar-refractivity contribution in [2.75, 3.05) is 5.32 Å².